The zero-order valence-corrected chi connectivity index (χ0v) is 8.62. The molecule has 0 aromatic carbocycles. The first-order chi connectivity index (χ1) is 7.19. The summed E-state index contributed by atoms with van der Waals surface area (Å²) in [6.45, 7) is 5.71. The Hall–Kier alpha value is -1.85. The second-order valence-corrected chi connectivity index (χ2v) is 2.97. The normalized spacial score (nSPS) is 17.4. The fourth-order valence-corrected chi connectivity index (χ4v) is 1.26. The van der Waals surface area contributed by atoms with Gasteiger partial charge in [0.05, 0.1) is 0 Å². The van der Waals surface area contributed by atoms with Crippen LogP contribution >= 0.6 is 0 Å². The Labute approximate surface area is 88.0 Å². The van der Waals surface area contributed by atoms with Gasteiger partial charge in [-0.1, -0.05) is 13.5 Å². The smallest absolute Gasteiger partial charge is 0.285 e. The van der Waals surface area contributed by atoms with Crippen LogP contribution in [-0.2, 0) is 4.79 Å². The van der Waals surface area contributed by atoms with Gasteiger partial charge in [0.25, 0.3) is 0 Å². The third kappa shape index (κ3) is 2.80. The van der Waals surface area contributed by atoms with Crippen molar-refractivity contribution in [3.8, 4) is 0 Å². The van der Waals surface area contributed by atoms with Crippen molar-refractivity contribution >= 4 is 17.8 Å². The summed E-state index contributed by atoms with van der Waals surface area (Å²) in [5, 5.41) is 6.20. The molecule has 6 heteroatoms. The van der Waals surface area contributed by atoms with Gasteiger partial charge in [-0.2, -0.15) is 5.10 Å². The van der Waals surface area contributed by atoms with Crippen LogP contribution < -0.4 is 10.7 Å². The first-order valence-electron chi connectivity index (χ1n) is 4.73. The summed E-state index contributed by atoms with van der Waals surface area (Å²) in [7, 11) is 0. The van der Waals surface area contributed by atoms with E-state index in [1.165, 1.54) is 11.1 Å². The van der Waals surface area contributed by atoms with Crippen molar-refractivity contribution in [1.29, 1.82) is 0 Å². The zero-order valence-electron chi connectivity index (χ0n) is 8.62. The fourth-order valence-electron chi connectivity index (χ4n) is 1.26. The lowest BCUT2D eigenvalue weighted by atomic mass is 10.3. The molecule has 0 bridgehead atoms. The molecule has 0 aromatic rings. The van der Waals surface area contributed by atoms with E-state index < -0.39 is 6.03 Å². The summed E-state index contributed by atoms with van der Waals surface area (Å²) < 4.78 is 0. The van der Waals surface area contributed by atoms with Crippen LogP contribution in [0.3, 0.4) is 0 Å². The van der Waals surface area contributed by atoms with E-state index in [1.54, 1.807) is 0 Å². The van der Waals surface area contributed by atoms with Crippen molar-refractivity contribution in [2.24, 2.45) is 5.10 Å². The predicted octanol–water partition coefficient (Wildman–Crippen LogP) is 0.385. The van der Waals surface area contributed by atoms with Crippen LogP contribution in [0.1, 0.15) is 19.8 Å². The van der Waals surface area contributed by atoms with E-state index in [-0.39, 0.29) is 5.91 Å². The van der Waals surface area contributed by atoms with Gasteiger partial charge in [0.2, 0.25) is 5.91 Å². The summed E-state index contributed by atoms with van der Waals surface area (Å²) in [4.78, 5) is 23.8. The fraction of sp³-hybridized carbons (Fsp3) is 0.444. The van der Waals surface area contributed by atoms with Crippen LogP contribution in [0.2, 0.25) is 0 Å². The quantitative estimate of drug-likeness (QED) is 0.402. The molecule has 2 N–H and O–H groups in total. The molecule has 1 aliphatic rings. The highest BCUT2D eigenvalue weighted by molar-refractivity contribution is 6.05. The minimum Gasteiger partial charge on any atom is -0.285 e. The van der Waals surface area contributed by atoms with E-state index in [0.29, 0.717) is 25.2 Å². The molecule has 0 saturated carbocycles. The largest absolute Gasteiger partial charge is 0.329 e. The molecule has 0 aromatic heterocycles. The van der Waals surface area contributed by atoms with Crippen molar-refractivity contribution in [3.63, 3.8) is 0 Å². The SMILES string of the molecule is C=CN/N=C(\CC)N1CCC(=O)NC1=O. The molecule has 15 heavy (non-hydrogen) atoms. The van der Waals surface area contributed by atoms with Crippen molar-refractivity contribution in [3.05, 3.63) is 12.8 Å². The summed E-state index contributed by atoms with van der Waals surface area (Å²) >= 11 is 0. The van der Waals surface area contributed by atoms with Gasteiger partial charge in [-0.05, 0) is 0 Å². The number of hydrogen-bond donors (Lipinski definition) is 2. The van der Waals surface area contributed by atoms with Gasteiger partial charge in [0.15, 0.2) is 0 Å². The Morgan fingerprint density at radius 1 is 1.73 bits per heavy atom. The second-order valence-electron chi connectivity index (χ2n) is 2.97. The third-order valence-corrected chi connectivity index (χ3v) is 1.97. The number of imide groups is 1. The third-order valence-electron chi connectivity index (χ3n) is 1.97. The van der Waals surface area contributed by atoms with Crippen LogP contribution in [0.25, 0.3) is 0 Å². The predicted molar refractivity (Wildman–Crippen MR) is 55.9 cm³/mol. The van der Waals surface area contributed by atoms with E-state index in [9.17, 15) is 9.59 Å². The number of hydrogen-bond acceptors (Lipinski definition) is 4. The number of hydrazone groups is 1. The highest BCUT2D eigenvalue weighted by Crippen LogP contribution is 2.04. The molecule has 1 aliphatic heterocycles. The number of carbonyl (C=O) groups excluding carboxylic acids is 2. The minimum atomic E-state index is -0.419. The number of nitrogens with zero attached hydrogens (tertiary/aromatic N) is 2. The molecule has 3 amide bonds. The zero-order chi connectivity index (χ0) is 11.3. The van der Waals surface area contributed by atoms with E-state index in [2.05, 4.69) is 22.4 Å². The Bertz CT molecular complexity index is 311. The van der Waals surface area contributed by atoms with Crippen molar-refractivity contribution < 1.29 is 9.59 Å². The molecular formula is C9H14N4O2. The van der Waals surface area contributed by atoms with Crippen molar-refractivity contribution in [2.45, 2.75) is 19.8 Å². The molecule has 0 radical (unpaired) electrons. The Morgan fingerprint density at radius 2 is 2.47 bits per heavy atom. The number of nitrogens with one attached hydrogen (secondary N) is 2. The van der Waals surface area contributed by atoms with E-state index in [1.807, 2.05) is 6.92 Å². The summed E-state index contributed by atoms with van der Waals surface area (Å²) in [6.07, 6.45) is 2.32. The topological polar surface area (TPSA) is 73.8 Å². The Morgan fingerprint density at radius 3 is 3.00 bits per heavy atom. The number of rotatable bonds is 3. The molecule has 0 atom stereocenters. The second kappa shape index (κ2) is 5.14. The molecule has 0 unspecified atom stereocenters. The number of urea groups is 1. The van der Waals surface area contributed by atoms with Gasteiger partial charge in [-0.3, -0.25) is 20.4 Å². The van der Waals surface area contributed by atoms with Crippen LogP contribution in [0.15, 0.2) is 17.9 Å². The average molecular weight is 210 g/mol. The molecule has 0 aliphatic carbocycles. The summed E-state index contributed by atoms with van der Waals surface area (Å²) in [5.41, 5.74) is 2.57. The standard InChI is InChI=1S/C9H14N4O2/c1-3-7(12-10-4-2)13-6-5-8(14)11-9(13)15/h4,10H,2-3,5-6H2,1H3,(H,11,14,15)/b12-7+. The molecular weight excluding hydrogens is 196 g/mol. The minimum absolute atomic E-state index is 0.247. The van der Waals surface area contributed by atoms with Gasteiger partial charge < -0.3 is 0 Å². The monoisotopic (exact) mass is 210 g/mol. The Kier molecular flexibility index (Phi) is 3.84. The molecule has 0 spiro atoms. The summed E-state index contributed by atoms with van der Waals surface area (Å²) in [6, 6.07) is -0.419. The van der Waals surface area contributed by atoms with Gasteiger partial charge in [0.1, 0.15) is 5.84 Å². The van der Waals surface area contributed by atoms with Crippen LogP contribution in [0.4, 0.5) is 4.79 Å². The average Bonchev–Trinajstić information content (AvgIpc) is 2.21. The number of amides is 3. The highest BCUT2D eigenvalue weighted by Gasteiger charge is 2.25. The lowest BCUT2D eigenvalue weighted by Gasteiger charge is -2.26. The maximum Gasteiger partial charge on any atom is 0.329 e. The molecule has 1 rings (SSSR count). The molecule has 1 saturated heterocycles. The van der Waals surface area contributed by atoms with Gasteiger partial charge >= 0.3 is 6.03 Å². The Balaban J connectivity index is 2.72. The first kappa shape index (κ1) is 11.2. The summed E-state index contributed by atoms with van der Waals surface area (Å²) in [5.74, 6) is 0.336. The number of carbonyl (C=O) groups is 2. The maximum atomic E-state index is 11.4. The van der Waals surface area contributed by atoms with Gasteiger partial charge in [-0.15, -0.1) is 0 Å². The van der Waals surface area contributed by atoms with Gasteiger partial charge in [-0.25, -0.2) is 4.79 Å². The first-order valence-corrected chi connectivity index (χ1v) is 4.73. The van der Waals surface area contributed by atoms with E-state index in [4.69, 9.17) is 0 Å². The highest BCUT2D eigenvalue weighted by atomic mass is 16.2. The van der Waals surface area contributed by atoms with Crippen LogP contribution in [0.5, 0.6) is 0 Å². The van der Waals surface area contributed by atoms with E-state index in [0.717, 1.165) is 0 Å². The molecule has 1 heterocycles. The van der Waals surface area contributed by atoms with Crippen LogP contribution in [-0.4, -0.2) is 29.2 Å². The molecule has 6 nitrogen and oxygen atoms in total. The number of amidine groups is 1. The maximum absolute atomic E-state index is 11.4. The van der Waals surface area contributed by atoms with E-state index >= 15 is 0 Å². The lowest BCUT2D eigenvalue weighted by Crippen LogP contribution is -2.52. The molecule has 82 valence electrons. The molecule has 1 fully saturated rings. The lowest BCUT2D eigenvalue weighted by molar-refractivity contribution is -0.121. The van der Waals surface area contributed by atoms with Gasteiger partial charge in [0, 0.05) is 25.6 Å². The van der Waals surface area contributed by atoms with Crippen molar-refractivity contribution in [1.82, 2.24) is 15.6 Å². The van der Waals surface area contributed by atoms with Crippen LogP contribution in [0, 0.1) is 0 Å². The van der Waals surface area contributed by atoms with Crippen molar-refractivity contribution in [2.75, 3.05) is 6.54 Å².